The van der Waals surface area contributed by atoms with Crippen LogP contribution >= 0.6 is 15.9 Å². The molecule has 148 valence electrons. The van der Waals surface area contributed by atoms with Crippen LogP contribution in [0, 0.1) is 0 Å². The zero-order chi connectivity index (χ0) is 20.5. The number of hydrogen-bond acceptors (Lipinski definition) is 4. The van der Waals surface area contributed by atoms with E-state index in [0.717, 1.165) is 26.9 Å². The van der Waals surface area contributed by atoms with Crippen molar-refractivity contribution in [1.29, 1.82) is 0 Å². The van der Waals surface area contributed by atoms with Gasteiger partial charge < -0.3 is 9.47 Å². The molecular formula is C23H21BrN2O3. The lowest BCUT2D eigenvalue weighted by Gasteiger charge is -2.13. The number of rotatable bonds is 8. The highest BCUT2D eigenvalue weighted by Gasteiger charge is 2.19. The molecule has 0 aliphatic carbocycles. The Bertz CT molecular complexity index is 977. The van der Waals surface area contributed by atoms with Crippen molar-refractivity contribution in [3.05, 3.63) is 100 Å². The number of methoxy groups -OCH3 is 1. The predicted molar refractivity (Wildman–Crippen MR) is 117 cm³/mol. The molecular weight excluding hydrogens is 432 g/mol. The second kappa shape index (κ2) is 10.5. The maximum atomic E-state index is 12.3. The van der Waals surface area contributed by atoms with Gasteiger partial charge in [-0.15, -0.1) is 0 Å². The van der Waals surface area contributed by atoms with Crippen molar-refractivity contribution in [1.82, 2.24) is 5.43 Å². The van der Waals surface area contributed by atoms with Crippen LogP contribution in [0.1, 0.15) is 22.8 Å². The quantitative estimate of drug-likeness (QED) is 0.391. The number of benzene rings is 3. The number of ether oxygens (including phenoxy) is 2. The van der Waals surface area contributed by atoms with Crippen molar-refractivity contribution in [2.24, 2.45) is 5.10 Å². The van der Waals surface area contributed by atoms with Gasteiger partial charge in [0.05, 0.1) is 6.21 Å². The van der Waals surface area contributed by atoms with Gasteiger partial charge in [-0.25, -0.2) is 5.43 Å². The number of halogens is 1. The van der Waals surface area contributed by atoms with Crippen LogP contribution in [0.15, 0.2) is 88.4 Å². The van der Waals surface area contributed by atoms with E-state index < -0.39 is 6.10 Å². The Morgan fingerprint density at radius 2 is 1.86 bits per heavy atom. The zero-order valence-electron chi connectivity index (χ0n) is 15.9. The molecule has 0 radical (unpaired) electrons. The van der Waals surface area contributed by atoms with Gasteiger partial charge in [0, 0.05) is 11.6 Å². The van der Waals surface area contributed by atoms with Gasteiger partial charge in [0.2, 0.25) is 0 Å². The third-order valence-corrected chi connectivity index (χ3v) is 4.61. The van der Waals surface area contributed by atoms with E-state index >= 15 is 0 Å². The maximum Gasteiger partial charge on any atom is 0.273 e. The minimum absolute atomic E-state index is 0.336. The van der Waals surface area contributed by atoms with E-state index in [1.54, 1.807) is 6.21 Å². The van der Waals surface area contributed by atoms with Gasteiger partial charge in [-0.2, -0.15) is 5.10 Å². The van der Waals surface area contributed by atoms with E-state index in [1.165, 1.54) is 7.11 Å². The Morgan fingerprint density at radius 3 is 2.62 bits per heavy atom. The first-order chi connectivity index (χ1) is 14.2. The summed E-state index contributed by atoms with van der Waals surface area (Å²) >= 11 is 3.45. The van der Waals surface area contributed by atoms with E-state index in [1.807, 2.05) is 78.9 Å². The summed E-state index contributed by atoms with van der Waals surface area (Å²) in [5.41, 5.74) is 5.17. The first-order valence-electron chi connectivity index (χ1n) is 9.03. The number of amides is 1. The SMILES string of the molecule is COC(C(=O)NN=Cc1cccc(OCc2cccc(Br)c2)c1)c1ccccc1. The first kappa shape index (κ1) is 20.8. The van der Waals surface area contributed by atoms with Gasteiger partial charge in [-0.05, 0) is 41.0 Å². The van der Waals surface area contributed by atoms with Crippen LogP contribution in [0.5, 0.6) is 5.75 Å². The van der Waals surface area contributed by atoms with Gasteiger partial charge in [-0.3, -0.25) is 4.79 Å². The molecule has 0 saturated heterocycles. The summed E-state index contributed by atoms with van der Waals surface area (Å²) in [5, 5.41) is 4.04. The Balaban J connectivity index is 1.58. The molecule has 5 nitrogen and oxygen atoms in total. The zero-order valence-corrected chi connectivity index (χ0v) is 17.5. The van der Waals surface area contributed by atoms with E-state index in [0.29, 0.717) is 6.61 Å². The normalized spacial score (nSPS) is 11.9. The van der Waals surface area contributed by atoms with Crippen LogP contribution in [0.25, 0.3) is 0 Å². The van der Waals surface area contributed by atoms with Gasteiger partial charge in [-0.1, -0.05) is 70.5 Å². The summed E-state index contributed by atoms with van der Waals surface area (Å²) in [6, 6.07) is 24.7. The fourth-order valence-electron chi connectivity index (χ4n) is 2.73. The second-order valence-corrected chi connectivity index (χ2v) is 7.17. The number of hydrogen-bond donors (Lipinski definition) is 1. The summed E-state index contributed by atoms with van der Waals surface area (Å²) in [4.78, 5) is 12.3. The molecule has 0 spiro atoms. The summed E-state index contributed by atoms with van der Waals surface area (Å²) in [6.45, 7) is 0.462. The lowest BCUT2D eigenvalue weighted by molar-refractivity contribution is -0.131. The average molecular weight is 453 g/mol. The standard InChI is InChI=1S/C23H21BrN2O3/c1-28-22(19-9-3-2-4-10-19)23(27)26-25-15-17-7-6-12-21(14-17)29-16-18-8-5-11-20(24)13-18/h2-15,22H,16H2,1H3,(H,26,27). The van der Waals surface area contributed by atoms with Crippen molar-refractivity contribution in [3.8, 4) is 5.75 Å². The van der Waals surface area contributed by atoms with Gasteiger partial charge in [0.15, 0.2) is 6.10 Å². The molecule has 0 heterocycles. The number of carbonyl (C=O) groups excluding carboxylic acids is 1. The molecule has 0 fully saturated rings. The first-order valence-corrected chi connectivity index (χ1v) is 9.83. The molecule has 6 heteroatoms. The van der Waals surface area contributed by atoms with Crippen LogP contribution in [0.4, 0.5) is 0 Å². The van der Waals surface area contributed by atoms with Crippen LogP contribution in [-0.2, 0) is 16.1 Å². The molecule has 1 atom stereocenters. The molecule has 0 saturated carbocycles. The van der Waals surface area contributed by atoms with Crippen molar-refractivity contribution < 1.29 is 14.3 Å². The summed E-state index contributed by atoms with van der Waals surface area (Å²) < 4.78 is 12.1. The van der Waals surface area contributed by atoms with Gasteiger partial charge in [0.25, 0.3) is 5.91 Å². The van der Waals surface area contributed by atoms with Gasteiger partial charge in [0.1, 0.15) is 12.4 Å². The lowest BCUT2D eigenvalue weighted by Crippen LogP contribution is -2.26. The molecule has 1 N–H and O–H groups in total. The van der Waals surface area contributed by atoms with Crippen LogP contribution < -0.4 is 10.2 Å². The van der Waals surface area contributed by atoms with Crippen molar-refractivity contribution in [2.45, 2.75) is 12.7 Å². The van der Waals surface area contributed by atoms with Crippen LogP contribution in [0.2, 0.25) is 0 Å². The van der Waals surface area contributed by atoms with Crippen molar-refractivity contribution in [2.75, 3.05) is 7.11 Å². The molecule has 0 bridgehead atoms. The topological polar surface area (TPSA) is 59.9 Å². The van der Waals surface area contributed by atoms with E-state index in [2.05, 4.69) is 26.5 Å². The lowest BCUT2D eigenvalue weighted by atomic mass is 10.1. The fraction of sp³-hybridized carbons (Fsp3) is 0.130. The second-order valence-electron chi connectivity index (χ2n) is 6.25. The highest BCUT2D eigenvalue weighted by atomic mass is 79.9. The molecule has 0 aromatic heterocycles. The Hall–Kier alpha value is -2.96. The summed E-state index contributed by atoms with van der Waals surface area (Å²) in [5.74, 6) is 0.385. The summed E-state index contributed by atoms with van der Waals surface area (Å²) in [6.07, 6.45) is 0.856. The Morgan fingerprint density at radius 1 is 1.07 bits per heavy atom. The maximum absolute atomic E-state index is 12.3. The molecule has 3 rings (SSSR count). The predicted octanol–water partition coefficient (Wildman–Crippen LogP) is 4.87. The molecule has 1 unspecified atom stereocenters. The fourth-order valence-corrected chi connectivity index (χ4v) is 3.18. The van der Waals surface area contributed by atoms with Crippen molar-refractivity contribution in [3.63, 3.8) is 0 Å². The number of carbonyl (C=O) groups is 1. The molecule has 0 aliphatic heterocycles. The number of hydrazone groups is 1. The minimum Gasteiger partial charge on any atom is -0.489 e. The Kier molecular flexibility index (Phi) is 7.55. The summed E-state index contributed by atoms with van der Waals surface area (Å²) in [7, 11) is 1.49. The largest absolute Gasteiger partial charge is 0.489 e. The van der Waals surface area contributed by atoms with Crippen molar-refractivity contribution >= 4 is 28.1 Å². The van der Waals surface area contributed by atoms with Crippen LogP contribution in [-0.4, -0.2) is 19.2 Å². The molecule has 29 heavy (non-hydrogen) atoms. The molecule has 3 aromatic rings. The monoisotopic (exact) mass is 452 g/mol. The highest BCUT2D eigenvalue weighted by molar-refractivity contribution is 9.10. The molecule has 3 aromatic carbocycles. The van der Waals surface area contributed by atoms with Gasteiger partial charge >= 0.3 is 0 Å². The number of nitrogens with one attached hydrogen (secondary N) is 1. The van der Waals surface area contributed by atoms with Crippen LogP contribution in [0.3, 0.4) is 0 Å². The molecule has 0 aliphatic rings. The van der Waals surface area contributed by atoms with E-state index in [-0.39, 0.29) is 5.91 Å². The average Bonchev–Trinajstić information content (AvgIpc) is 2.74. The minimum atomic E-state index is -0.715. The number of nitrogens with zero attached hydrogens (tertiary/aromatic N) is 1. The smallest absolute Gasteiger partial charge is 0.273 e. The highest BCUT2D eigenvalue weighted by Crippen LogP contribution is 2.17. The third-order valence-electron chi connectivity index (χ3n) is 4.12. The molecule has 1 amide bonds. The third kappa shape index (κ3) is 6.27. The van der Waals surface area contributed by atoms with E-state index in [9.17, 15) is 4.79 Å². The Labute approximate surface area is 178 Å². The van der Waals surface area contributed by atoms with E-state index in [4.69, 9.17) is 9.47 Å².